The number of hydrogen-bond donors (Lipinski definition) is 1. The molecule has 1 aliphatic carbocycles. The molecule has 1 atom stereocenters. The maximum Gasteiger partial charge on any atom is 0.192 e. The SMILES string of the molecule is CC(Nc1ccc(S(C)(=O)=O)nc1)C1(C)CC1. The minimum absolute atomic E-state index is 0.119. The Hall–Kier alpha value is -1.10. The van der Waals surface area contributed by atoms with Gasteiger partial charge in [0.25, 0.3) is 0 Å². The highest BCUT2D eigenvalue weighted by atomic mass is 32.2. The smallest absolute Gasteiger partial charge is 0.192 e. The van der Waals surface area contributed by atoms with Gasteiger partial charge in [0.15, 0.2) is 14.9 Å². The average molecular weight is 254 g/mol. The molecule has 17 heavy (non-hydrogen) atoms. The molecule has 1 unspecified atom stereocenters. The molecule has 1 heterocycles. The summed E-state index contributed by atoms with van der Waals surface area (Å²) in [4.78, 5) is 3.96. The minimum atomic E-state index is -3.20. The Morgan fingerprint density at radius 3 is 2.47 bits per heavy atom. The first-order valence-corrected chi connectivity index (χ1v) is 7.63. The third kappa shape index (κ3) is 2.77. The maximum absolute atomic E-state index is 11.3. The van der Waals surface area contributed by atoms with E-state index in [1.54, 1.807) is 18.3 Å². The molecule has 5 heteroatoms. The second-order valence-corrected chi connectivity index (χ2v) is 7.14. The first-order valence-electron chi connectivity index (χ1n) is 5.74. The molecule has 1 fully saturated rings. The van der Waals surface area contributed by atoms with Gasteiger partial charge in [-0.15, -0.1) is 0 Å². The van der Waals surface area contributed by atoms with Crippen LogP contribution < -0.4 is 5.32 Å². The fourth-order valence-corrected chi connectivity index (χ4v) is 2.30. The van der Waals surface area contributed by atoms with Crippen LogP contribution >= 0.6 is 0 Å². The van der Waals surface area contributed by atoms with Crippen LogP contribution in [-0.4, -0.2) is 25.7 Å². The van der Waals surface area contributed by atoms with Crippen LogP contribution in [-0.2, 0) is 9.84 Å². The Morgan fingerprint density at radius 1 is 1.41 bits per heavy atom. The maximum atomic E-state index is 11.3. The lowest BCUT2D eigenvalue weighted by atomic mass is 10.0. The van der Waals surface area contributed by atoms with Crippen molar-refractivity contribution < 1.29 is 8.42 Å². The van der Waals surface area contributed by atoms with E-state index >= 15 is 0 Å². The number of nitrogens with zero attached hydrogens (tertiary/aromatic N) is 1. The molecular weight excluding hydrogens is 236 g/mol. The molecule has 0 bridgehead atoms. The van der Waals surface area contributed by atoms with Gasteiger partial charge in [-0.3, -0.25) is 0 Å². The first kappa shape index (κ1) is 12.4. The molecule has 1 N–H and O–H groups in total. The van der Waals surface area contributed by atoms with E-state index in [-0.39, 0.29) is 5.03 Å². The number of sulfone groups is 1. The van der Waals surface area contributed by atoms with E-state index in [1.165, 1.54) is 12.8 Å². The molecule has 94 valence electrons. The van der Waals surface area contributed by atoms with E-state index < -0.39 is 9.84 Å². The Balaban J connectivity index is 2.08. The minimum Gasteiger partial charge on any atom is -0.381 e. The number of aromatic nitrogens is 1. The molecule has 4 nitrogen and oxygen atoms in total. The van der Waals surface area contributed by atoms with Gasteiger partial charge in [-0.2, -0.15) is 0 Å². The van der Waals surface area contributed by atoms with Crippen LogP contribution in [0.3, 0.4) is 0 Å². The van der Waals surface area contributed by atoms with E-state index in [0.717, 1.165) is 11.9 Å². The molecule has 0 saturated heterocycles. The molecule has 1 aromatic heterocycles. The Kier molecular flexibility index (Phi) is 2.89. The Labute approximate surface area is 102 Å². The van der Waals surface area contributed by atoms with Gasteiger partial charge in [-0.05, 0) is 37.3 Å². The summed E-state index contributed by atoms with van der Waals surface area (Å²) in [6, 6.07) is 3.69. The van der Waals surface area contributed by atoms with Crippen molar-refractivity contribution in [1.29, 1.82) is 0 Å². The third-order valence-electron chi connectivity index (χ3n) is 3.58. The van der Waals surface area contributed by atoms with Crippen LogP contribution in [0, 0.1) is 5.41 Å². The molecule has 0 amide bonds. The fourth-order valence-electron chi connectivity index (χ4n) is 1.74. The Bertz CT molecular complexity index is 504. The van der Waals surface area contributed by atoms with E-state index in [4.69, 9.17) is 0 Å². The molecule has 0 spiro atoms. The zero-order valence-electron chi connectivity index (χ0n) is 10.4. The monoisotopic (exact) mass is 254 g/mol. The van der Waals surface area contributed by atoms with Gasteiger partial charge in [0.1, 0.15) is 0 Å². The lowest BCUT2D eigenvalue weighted by Gasteiger charge is -2.21. The molecule has 1 aromatic rings. The summed E-state index contributed by atoms with van der Waals surface area (Å²) in [5, 5.41) is 3.48. The third-order valence-corrected chi connectivity index (χ3v) is 4.58. The van der Waals surface area contributed by atoms with E-state index in [0.29, 0.717) is 11.5 Å². The van der Waals surface area contributed by atoms with E-state index in [1.807, 2.05) is 0 Å². The van der Waals surface area contributed by atoms with Crippen LogP contribution in [0.1, 0.15) is 26.7 Å². The molecule has 2 rings (SSSR count). The highest BCUT2D eigenvalue weighted by Gasteiger charge is 2.42. The van der Waals surface area contributed by atoms with Crippen molar-refractivity contribution in [2.45, 2.75) is 37.8 Å². The van der Waals surface area contributed by atoms with Gasteiger partial charge in [-0.25, -0.2) is 13.4 Å². The number of hydrogen-bond acceptors (Lipinski definition) is 4. The van der Waals surface area contributed by atoms with Crippen molar-refractivity contribution in [1.82, 2.24) is 4.98 Å². The van der Waals surface area contributed by atoms with Crippen molar-refractivity contribution in [3.63, 3.8) is 0 Å². The summed E-state index contributed by atoms with van der Waals surface area (Å²) in [6.07, 6.45) is 5.24. The zero-order chi connectivity index (χ0) is 12.7. The van der Waals surface area contributed by atoms with Crippen LogP contribution in [0.5, 0.6) is 0 Å². The molecule has 0 aliphatic heterocycles. The van der Waals surface area contributed by atoms with Crippen molar-refractivity contribution in [2.75, 3.05) is 11.6 Å². The normalized spacial score (nSPS) is 19.7. The summed E-state index contributed by atoms with van der Waals surface area (Å²) in [6.45, 7) is 4.40. The molecule has 0 aromatic carbocycles. The molecule has 1 aliphatic rings. The van der Waals surface area contributed by atoms with Gasteiger partial charge < -0.3 is 5.32 Å². The predicted octanol–water partition coefficient (Wildman–Crippen LogP) is 2.09. The van der Waals surface area contributed by atoms with Gasteiger partial charge >= 0.3 is 0 Å². The summed E-state index contributed by atoms with van der Waals surface area (Å²) in [5.74, 6) is 0. The van der Waals surface area contributed by atoms with Gasteiger partial charge in [0, 0.05) is 12.3 Å². The molecule has 1 saturated carbocycles. The lowest BCUT2D eigenvalue weighted by Crippen LogP contribution is -2.24. The van der Waals surface area contributed by atoms with Gasteiger partial charge in [-0.1, -0.05) is 6.92 Å². The number of rotatable bonds is 4. The van der Waals surface area contributed by atoms with Crippen LogP contribution in [0.15, 0.2) is 23.4 Å². The average Bonchev–Trinajstić information content (AvgIpc) is 2.97. The first-order chi connectivity index (χ1) is 7.81. The van der Waals surface area contributed by atoms with Crippen molar-refractivity contribution in [3.05, 3.63) is 18.3 Å². The standard InChI is InChI=1S/C12H18N2O2S/c1-9(12(2)6-7-12)14-10-4-5-11(13-8-10)17(3,15)16/h4-5,8-9,14H,6-7H2,1-3H3. The van der Waals surface area contributed by atoms with E-state index in [2.05, 4.69) is 24.1 Å². The van der Waals surface area contributed by atoms with Crippen molar-refractivity contribution >= 4 is 15.5 Å². The van der Waals surface area contributed by atoms with Gasteiger partial charge in [0.2, 0.25) is 0 Å². The highest BCUT2D eigenvalue weighted by Crippen LogP contribution is 2.48. The molecule has 0 radical (unpaired) electrons. The quantitative estimate of drug-likeness (QED) is 0.893. The molecular formula is C12H18N2O2S. The lowest BCUT2D eigenvalue weighted by molar-refractivity contribution is 0.493. The Morgan fingerprint density at radius 2 is 2.06 bits per heavy atom. The zero-order valence-corrected chi connectivity index (χ0v) is 11.2. The second kappa shape index (κ2) is 3.98. The second-order valence-electron chi connectivity index (χ2n) is 5.18. The number of nitrogens with one attached hydrogen (secondary N) is 1. The van der Waals surface area contributed by atoms with Crippen molar-refractivity contribution in [3.8, 4) is 0 Å². The number of pyridine rings is 1. The van der Waals surface area contributed by atoms with Crippen LogP contribution in [0.25, 0.3) is 0 Å². The summed E-state index contributed by atoms with van der Waals surface area (Å²) < 4.78 is 22.5. The van der Waals surface area contributed by atoms with Crippen molar-refractivity contribution in [2.24, 2.45) is 5.41 Å². The largest absolute Gasteiger partial charge is 0.381 e. The van der Waals surface area contributed by atoms with Crippen LogP contribution in [0.4, 0.5) is 5.69 Å². The topological polar surface area (TPSA) is 59.1 Å². The predicted molar refractivity (Wildman–Crippen MR) is 67.8 cm³/mol. The van der Waals surface area contributed by atoms with Gasteiger partial charge in [0.05, 0.1) is 11.9 Å². The summed E-state index contributed by atoms with van der Waals surface area (Å²) in [7, 11) is -3.20. The summed E-state index contributed by atoms with van der Waals surface area (Å²) >= 11 is 0. The van der Waals surface area contributed by atoms with Crippen LogP contribution in [0.2, 0.25) is 0 Å². The number of anilines is 1. The fraction of sp³-hybridized carbons (Fsp3) is 0.583. The highest BCUT2D eigenvalue weighted by molar-refractivity contribution is 7.90. The van der Waals surface area contributed by atoms with E-state index in [9.17, 15) is 8.42 Å². The summed E-state index contributed by atoms with van der Waals surface area (Å²) in [5.41, 5.74) is 1.26.